The molecule has 1 atom stereocenters. The van der Waals surface area contributed by atoms with Crippen molar-refractivity contribution < 1.29 is 13.5 Å². The van der Waals surface area contributed by atoms with Crippen LogP contribution in [-0.4, -0.2) is 29.1 Å². The van der Waals surface area contributed by atoms with Crippen molar-refractivity contribution in [2.75, 3.05) is 13.1 Å². The summed E-state index contributed by atoms with van der Waals surface area (Å²) in [6.45, 7) is 2.21. The summed E-state index contributed by atoms with van der Waals surface area (Å²) in [6.07, 6.45) is 0.812. The predicted molar refractivity (Wildman–Crippen MR) is 82.6 cm³/mol. The van der Waals surface area contributed by atoms with E-state index in [0.29, 0.717) is 19.0 Å². The van der Waals surface area contributed by atoms with Crippen molar-refractivity contribution in [3.63, 3.8) is 0 Å². The number of hydrogen-bond donors (Lipinski definition) is 0. The normalized spacial score (nSPS) is 18.6. The van der Waals surface area contributed by atoms with Gasteiger partial charge >= 0.3 is 0 Å². The van der Waals surface area contributed by atoms with Gasteiger partial charge in [-0.15, -0.1) is 0 Å². The maximum atomic E-state index is 13.3. The third kappa shape index (κ3) is 3.81. The average molecular weight is 369 g/mol. The lowest BCUT2D eigenvalue weighted by molar-refractivity contribution is 0.189. The maximum Gasteiger partial charge on any atom is 0.216 e. The molecule has 0 radical (unpaired) electrons. The Morgan fingerprint density at radius 2 is 2.14 bits per heavy atom. The van der Waals surface area contributed by atoms with E-state index in [9.17, 15) is 8.78 Å². The number of halogens is 3. The van der Waals surface area contributed by atoms with Crippen LogP contribution in [-0.2, 0) is 6.54 Å². The van der Waals surface area contributed by atoms with Crippen LogP contribution >= 0.6 is 15.9 Å². The lowest BCUT2D eigenvalue weighted by atomic mass is 10.2. The van der Waals surface area contributed by atoms with E-state index in [1.807, 2.05) is 0 Å². The lowest BCUT2D eigenvalue weighted by Gasteiger charge is -2.17. The molecule has 1 aliphatic heterocycles. The summed E-state index contributed by atoms with van der Waals surface area (Å²) < 4.78 is 33.0. The van der Waals surface area contributed by atoms with E-state index in [0.717, 1.165) is 23.0 Å². The van der Waals surface area contributed by atoms with Crippen LogP contribution < -0.4 is 4.74 Å². The zero-order valence-electron chi connectivity index (χ0n) is 11.8. The lowest BCUT2D eigenvalue weighted by Crippen LogP contribution is -2.25. The third-order valence-electron chi connectivity index (χ3n) is 3.61. The number of pyridine rings is 1. The zero-order valence-corrected chi connectivity index (χ0v) is 13.4. The van der Waals surface area contributed by atoms with Gasteiger partial charge in [0, 0.05) is 30.2 Å². The highest BCUT2D eigenvalue weighted by Crippen LogP contribution is 2.23. The summed E-state index contributed by atoms with van der Waals surface area (Å²) in [5.74, 6) is -0.482. The van der Waals surface area contributed by atoms with Gasteiger partial charge in [-0.05, 0) is 36.2 Å². The molecule has 0 amide bonds. The number of benzene rings is 1. The Morgan fingerprint density at radius 3 is 2.95 bits per heavy atom. The first kappa shape index (κ1) is 15.4. The Labute approximate surface area is 136 Å². The molecule has 116 valence electrons. The first-order chi connectivity index (χ1) is 10.6. The SMILES string of the molecule is Fc1ccc(Br)c(CN2CCC(Oc3cccc(F)n3)C2)c1. The molecule has 2 aromatic rings. The van der Waals surface area contributed by atoms with E-state index in [4.69, 9.17) is 4.74 Å². The molecule has 0 N–H and O–H groups in total. The van der Waals surface area contributed by atoms with Gasteiger partial charge in [-0.25, -0.2) is 4.39 Å². The number of hydrogen-bond acceptors (Lipinski definition) is 3. The molecule has 0 bridgehead atoms. The van der Waals surface area contributed by atoms with Crippen LogP contribution in [0.1, 0.15) is 12.0 Å². The number of rotatable bonds is 4. The molecular weight excluding hydrogens is 354 g/mol. The Morgan fingerprint density at radius 1 is 1.27 bits per heavy atom. The summed E-state index contributed by atoms with van der Waals surface area (Å²) in [5, 5.41) is 0. The molecule has 0 saturated carbocycles. The summed E-state index contributed by atoms with van der Waals surface area (Å²) in [5.41, 5.74) is 0.907. The highest BCUT2D eigenvalue weighted by atomic mass is 79.9. The Kier molecular flexibility index (Phi) is 4.69. The molecule has 6 heteroatoms. The van der Waals surface area contributed by atoms with Crippen LogP contribution in [0.3, 0.4) is 0 Å². The molecule has 0 aliphatic carbocycles. The Balaban J connectivity index is 1.59. The van der Waals surface area contributed by atoms with Crippen LogP contribution in [0.4, 0.5) is 8.78 Å². The number of nitrogens with zero attached hydrogens (tertiary/aromatic N) is 2. The molecule has 3 rings (SSSR count). The van der Waals surface area contributed by atoms with E-state index in [1.54, 1.807) is 18.2 Å². The summed E-state index contributed by atoms with van der Waals surface area (Å²) >= 11 is 3.44. The third-order valence-corrected chi connectivity index (χ3v) is 4.38. The van der Waals surface area contributed by atoms with Crippen LogP contribution in [0.5, 0.6) is 5.88 Å². The van der Waals surface area contributed by atoms with Crippen molar-refractivity contribution in [2.24, 2.45) is 0 Å². The summed E-state index contributed by atoms with van der Waals surface area (Å²) in [7, 11) is 0. The molecule has 1 aromatic carbocycles. The van der Waals surface area contributed by atoms with Gasteiger partial charge in [0.15, 0.2) is 0 Å². The molecule has 22 heavy (non-hydrogen) atoms. The van der Waals surface area contributed by atoms with Gasteiger partial charge in [0.05, 0.1) is 0 Å². The van der Waals surface area contributed by atoms with Crippen LogP contribution in [0, 0.1) is 11.8 Å². The number of likely N-dealkylation sites (tertiary alicyclic amines) is 1. The molecule has 2 heterocycles. The van der Waals surface area contributed by atoms with Crippen molar-refractivity contribution in [1.29, 1.82) is 0 Å². The second-order valence-electron chi connectivity index (χ2n) is 5.30. The minimum Gasteiger partial charge on any atom is -0.473 e. The summed E-state index contributed by atoms with van der Waals surface area (Å²) in [6, 6.07) is 9.19. The molecule has 1 aromatic heterocycles. The van der Waals surface area contributed by atoms with E-state index >= 15 is 0 Å². The van der Waals surface area contributed by atoms with E-state index in [-0.39, 0.29) is 11.9 Å². The van der Waals surface area contributed by atoms with Crippen molar-refractivity contribution in [3.05, 3.63) is 58.2 Å². The fraction of sp³-hybridized carbons (Fsp3) is 0.312. The number of ether oxygens (including phenoxy) is 1. The smallest absolute Gasteiger partial charge is 0.216 e. The zero-order chi connectivity index (χ0) is 15.5. The highest BCUT2D eigenvalue weighted by molar-refractivity contribution is 9.10. The van der Waals surface area contributed by atoms with Crippen molar-refractivity contribution >= 4 is 15.9 Å². The van der Waals surface area contributed by atoms with Gasteiger partial charge in [-0.2, -0.15) is 9.37 Å². The largest absolute Gasteiger partial charge is 0.473 e. The van der Waals surface area contributed by atoms with Gasteiger partial charge in [0.25, 0.3) is 0 Å². The Bertz CT molecular complexity index is 668. The van der Waals surface area contributed by atoms with E-state index in [1.165, 1.54) is 18.2 Å². The van der Waals surface area contributed by atoms with E-state index in [2.05, 4.69) is 25.8 Å². The van der Waals surface area contributed by atoms with Gasteiger partial charge in [0.1, 0.15) is 11.9 Å². The molecule has 1 fully saturated rings. The van der Waals surface area contributed by atoms with Gasteiger partial charge in [-0.1, -0.05) is 22.0 Å². The fourth-order valence-electron chi connectivity index (χ4n) is 2.57. The second kappa shape index (κ2) is 6.71. The second-order valence-corrected chi connectivity index (χ2v) is 6.15. The first-order valence-electron chi connectivity index (χ1n) is 7.05. The van der Waals surface area contributed by atoms with Crippen molar-refractivity contribution in [3.8, 4) is 5.88 Å². The Hall–Kier alpha value is -1.53. The standard InChI is InChI=1S/C16H15BrF2N2O/c17-14-5-4-12(18)8-11(14)9-21-7-6-13(10-21)22-16-3-1-2-15(19)20-16/h1-5,8,13H,6-7,9-10H2. The van der Waals surface area contributed by atoms with E-state index < -0.39 is 5.95 Å². The van der Waals surface area contributed by atoms with Crippen molar-refractivity contribution in [1.82, 2.24) is 9.88 Å². The highest BCUT2D eigenvalue weighted by Gasteiger charge is 2.25. The van der Waals surface area contributed by atoms with Gasteiger partial charge < -0.3 is 4.74 Å². The minimum absolute atomic E-state index is 0.0263. The van der Waals surface area contributed by atoms with Crippen molar-refractivity contribution in [2.45, 2.75) is 19.1 Å². The van der Waals surface area contributed by atoms with Gasteiger partial charge in [0.2, 0.25) is 11.8 Å². The monoisotopic (exact) mass is 368 g/mol. The molecule has 1 aliphatic rings. The van der Waals surface area contributed by atoms with Crippen LogP contribution in [0.25, 0.3) is 0 Å². The fourth-order valence-corrected chi connectivity index (χ4v) is 2.94. The topological polar surface area (TPSA) is 25.4 Å². The molecular formula is C16H15BrF2N2O. The minimum atomic E-state index is -0.545. The molecule has 1 unspecified atom stereocenters. The number of aromatic nitrogens is 1. The molecule has 1 saturated heterocycles. The average Bonchev–Trinajstić information content (AvgIpc) is 2.90. The maximum absolute atomic E-state index is 13.3. The van der Waals surface area contributed by atoms with Crippen LogP contribution in [0.2, 0.25) is 0 Å². The van der Waals surface area contributed by atoms with Crippen LogP contribution in [0.15, 0.2) is 40.9 Å². The molecule has 3 nitrogen and oxygen atoms in total. The quantitative estimate of drug-likeness (QED) is 0.768. The molecule has 0 spiro atoms. The predicted octanol–water partition coefficient (Wildman–Crippen LogP) is 3.78. The summed E-state index contributed by atoms with van der Waals surface area (Å²) in [4.78, 5) is 5.89. The van der Waals surface area contributed by atoms with Gasteiger partial charge in [-0.3, -0.25) is 4.90 Å². The first-order valence-corrected chi connectivity index (χ1v) is 7.85.